The Hall–Kier alpha value is -2.12. The molecule has 0 spiro atoms. The molecule has 0 bridgehead atoms. The summed E-state index contributed by atoms with van der Waals surface area (Å²) in [4.78, 5) is 28.5. The minimum atomic E-state index is -0.364. The Kier molecular flexibility index (Phi) is 5.01. The van der Waals surface area contributed by atoms with Crippen LogP contribution in [0.15, 0.2) is 24.3 Å². The van der Waals surface area contributed by atoms with Crippen molar-refractivity contribution in [1.82, 2.24) is 15.8 Å². The average molecular weight is 366 g/mol. The largest absolute Gasteiger partial charge is 0.486 e. The Morgan fingerprint density at radius 2 is 2.00 bits per heavy atom. The quantitative estimate of drug-likeness (QED) is 0.798. The number of rotatable bonds is 5. The van der Waals surface area contributed by atoms with Gasteiger partial charge in [0.2, 0.25) is 5.91 Å². The Balaban J connectivity index is 1.56. The van der Waals surface area contributed by atoms with Crippen LogP contribution < -0.4 is 15.6 Å². The van der Waals surface area contributed by atoms with Gasteiger partial charge in [-0.25, -0.2) is 4.98 Å². The van der Waals surface area contributed by atoms with E-state index in [9.17, 15) is 9.59 Å². The standard InChI is InChI=1S/C16H16ClN3O3S/c1-9-14(16(22)20-19-15(21)10-2-3-10)24-13(18-9)8-23-12-6-4-11(17)5-7-12/h4-7,10H,2-3,8H2,1H3,(H,19,21)(H,20,22). The molecule has 0 atom stereocenters. The first-order chi connectivity index (χ1) is 11.5. The van der Waals surface area contributed by atoms with Crippen molar-refractivity contribution in [2.45, 2.75) is 26.4 Å². The smallest absolute Gasteiger partial charge is 0.281 e. The van der Waals surface area contributed by atoms with Gasteiger partial charge < -0.3 is 4.74 Å². The van der Waals surface area contributed by atoms with Crippen molar-refractivity contribution in [3.8, 4) is 5.75 Å². The van der Waals surface area contributed by atoms with Gasteiger partial charge in [-0.1, -0.05) is 11.6 Å². The molecule has 1 aliphatic carbocycles. The highest BCUT2D eigenvalue weighted by Gasteiger charge is 2.30. The number of ether oxygens (including phenoxy) is 1. The number of hydrogen-bond donors (Lipinski definition) is 2. The number of aromatic nitrogens is 1. The van der Waals surface area contributed by atoms with Gasteiger partial charge >= 0.3 is 0 Å². The van der Waals surface area contributed by atoms with E-state index >= 15 is 0 Å². The van der Waals surface area contributed by atoms with Crippen LogP contribution in [-0.2, 0) is 11.4 Å². The Bertz CT molecular complexity index is 756. The SMILES string of the molecule is Cc1nc(COc2ccc(Cl)cc2)sc1C(=O)NNC(=O)C1CC1. The molecule has 2 N–H and O–H groups in total. The zero-order valence-electron chi connectivity index (χ0n) is 13.0. The summed E-state index contributed by atoms with van der Waals surface area (Å²) in [5.41, 5.74) is 5.47. The number of thiazole rings is 1. The third-order valence-corrected chi connectivity index (χ3v) is 4.85. The van der Waals surface area contributed by atoms with Crippen molar-refractivity contribution >= 4 is 34.8 Å². The molecule has 0 unspecified atom stereocenters. The van der Waals surface area contributed by atoms with Crippen LogP contribution in [0.1, 0.15) is 33.2 Å². The number of carbonyl (C=O) groups is 2. The monoisotopic (exact) mass is 365 g/mol. The van der Waals surface area contributed by atoms with Gasteiger partial charge in [0.1, 0.15) is 22.2 Å². The fraction of sp³-hybridized carbons (Fsp3) is 0.312. The second kappa shape index (κ2) is 7.19. The number of nitrogens with one attached hydrogen (secondary N) is 2. The summed E-state index contributed by atoms with van der Waals surface area (Å²) >= 11 is 7.06. The molecule has 1 fully saturated rings. The van der Waals surface area contributed by atoms with E-state index in [4.69, 9.17) is 16.3 Å². The van der Waals surface area contributed by atoms with Crippen LogP contribution in [0.3, 0.4) is 0 Å². The van der Waals surface area contributed by atoms with Crippen molar-refractivity contribution in [2.75, 3.05) is 0 Å². The summed E-state index contributed by atoms with van der Waals surface area (Å²) in [6, 6.07) is 7.02. The van der Waals surface area contributed by atoms with Crippen molar-refractivity contribution in [1.29, 1.82) is 0 Å². The molecule has 0 aliphatic heterocycles. The van der Waals surface area contributed by atoms with E-state index in [0.717, 1.165) is 12.8 Å². The van der Waals surface area contributed by atoms with E-state index < -0.39 is 0 Å². The van der Waals surface area contributed by atoms with Crippen molar-refractivity contribution in [3.05, 3.63) is 44.9 Å². The lowest BCUT2D eigenvalue weighted by atomic mass is 10.3. The number of hydrazine groups is 1. The first-order valence-electron chi connectivity index (χ1n) is 7.48. The lowest BCUT2D eigenvalue weighted by Gasteiger charge is -2.05. The predicted molar refractivity (Wildman–Crippen MR) is 91.0 cm³/mol. The lowest BCUT2D eigenvalue weighted by Crippen LogP contribution is -2.42. The van der Waals surface area contributed by atoms with Crippen LogP contribution in [0.2, 0.25) is 5.02 Å². The summed E-state index contributed by atoms with van der Waals surface area (Å²) in [5.74, 6) is 0.208. The van der Waals surface area contributed by atoms with Gasteiger partial charge in [0.25, 0.3) is 5.91 Å². The Morgan fingerprint density at radius 3 is 2.67 bits per heavy atom. The number of benzene rings is 1. The van der Waals surface area contributed by atoms with Gasteiger partial charge in [0.15, 0.2) is 0 Å². The molecule has 1 aliphatic rings. The van der Waals surface area contributed by atoms with E-state index in [-0.39, 0.29) is 24.3 Å². The van der Waals surface area contributed by atoms with Gasteiger partial charge in [-0.2, -0.15) is 0 Å². The number of amides is 2. The zero-order valence-corrected chi connectivity index (χ0v) is 14.5. The number of aryl methyl sites for hydroxylation is 1. The maximum atomic E-state index is 12.1. The summed E-state index contributed by atoms with van der Waals surface area (Å²) in [6.07, 6.45) is 1.76. The Morgan fingerprint density at radius 1 is 1.29 bits per heavy atom. The first-order valence-corrected chi connectivity index (χ1v) is 8.67. The topological polar surface area (TPSA) is 80.3 Å². The number of nitrogens with zero attached hydrogens (tertiary/aromatic N) is 1. The van der Waals surface area contributed by atoms with Crippen molar-refractivity contribution in [3.63, 3.8) is 0 Å². The van der Waals surface area contributed by atoms with Gasteiger partial charge in [-0.05, 0) is 44.0 Å². The summed E-state index contributed by atoms with van der Waals surface area (Å²) in [5, 5.41) is 1.32. The van der Waals surface area contributed by atoms with Crippen LogP contribution in [0.25, 0.3) is 0 Å². The lowest BCUT2D eigenvalue weighted by molar-refractivity contribution is -0.123. The highest BCUT2D eigenvalue weighted by Crippen LogP contribution is 2.28. The highest BCUT2D eigenvalue weighted by molar-refractivity contribution is 7.13. The second-order valence-electron chi connectivity index (χ2n) is 5.48. The van der Waals surface area contributed by atoms with E-state index in [1.54, 1.807) is 31.2 Å². The molecule has 1 aromatic carbocycles. The third kappa shape index (κ3) is 4.24. The molecule has 1 heterocycles. The molecule has 8 heteroatoms. The molecule has 0 saturated heterocycles. The fourth-order valence-electron chi connectivity index (χ4n) is 2.02. The van der Waals surface area contributed by atoms with E-state index in [2.05, 4.69) is 15.8 Å². The van der Waals surface area contributed by atoms with Crippen LogP contribution in [-0.4, -0.2) is 16.8 Å². The molecule has 3 rings (SSSR count). The van der Waals surface area contributed by atoms with Gasteiger partial charge in [0.05, 0.1) is 5.69 Å². The fourth-order valence-corrected chi connectivity index (χ4v) is 3.02. The number of hydrogen-bond acceptors (Lipinski definition) is 5. The minimum absolute atomic E-state index is 0.0381. The molecule has 2 aromatic rings. The summed E-state index contributed by atoms with van der Waals surface area (Å²) < 4.78 is 5.62. The first kappa shape index (κ1) is 16.7. The van der Waals surface area contributed by atoms with E-state index in [1.807, 2.05) is 0 Å². The minimum Gasteiger partial charge on any atom is -0.486 e. The average Bonchev–Trinajstić information content (AvgIpc) is 3.35. The van der Waals surface area contributed by atoms with Gasteiger partial charge in [-0.3, -0.25) is 20.4 Å². The molecular weight excluding hydrogens is 350 g/mol. The molecule has 6 nitrogen and oxygen atoms in total. The molecule has 2 amide bonds. The highest BCUT2D eigenvalue weighted by atomic mass is 35.5. The van der Waals surface area contributed by atoms with E-state index in [1.165, 1.54) is 11.3 Å². The number of carbonyl (C=O) groups excluding carboxylic acids is 2. The van der Waals surface area contributed by atoms with Crippen LogP contribution in [0, 0.1) is 12.8 Å². The maximum absolute atomic E-state index is 12.1. The molecule has 1 saturated carbocycles. The maximum Gasteiger partial charge on any atom is 0.281 e. The number of halogens is 1. The molecular formula is C16H16ClN3O3S. The van der Waals surface area contributed by atoms with Gasteiger partial charge in [-0.15, -0.1) is 11.3 Å². The van der Waals surface area contributed by atoms with Crippen LogP contribution >= 0.6 is 22.9 Å². The summed E-state index contributed by atoms with van der Waals surface area (Å²) in [7, 11) is 0. The molecule has 0 radical (unpaired) electrons. The van der Waals surface area contributed by atoms with Crippen LogP contribution in [0.4, 0.5) is 0 Å². The van der Waals surface area contributed by atoms with Crippen LogP contribution in [0.5, 0.6) is 5.75 Å². The normalized spacial score (nSPS) is 13.4. The zero-order chi connectivity index (χ0) is 17.1. The Labute approximate surface area is 148 Å². The van der Waals surface area contributed by atoms with Crippen molar-refractivity contribution in [2.24, 2.45) is 5.92 Å². The van der Waals surface area contributed by atoms with Gasteiger partial charge in [0, 0.05) is 10.9 Å². The second-order valence-corrected chi connectivity index (χ2v) is 7.00. The van der Waals surface area contributed by atoms with E-state index in [0.29, 0.717) is 26.4 Å². The molecule has 126 valence electrons. The van der Waals surface area contributed by atoms with Crippen molar-refractivity contribution < 1.29 is 14.3 Å². The predicted octanol–water partition coefficient (Wildman–Crippen LogP) is 2.85. The third-order valence-electron chi connectivity index (χ3n) is 3.47. The molecule has 24 heavy (non-hydrogen) atoms. The summed E-state index contributed by atoms with van der Waals surface area (Å²) in [6.45, 7) is 2.01. The molecule has 1 aromatic heterocycles.